The van der Waals surface area contributed by atoms with Crippen LogP contribution in [0.1, 0.15) is 11.1 Å². The highest BCUT2D eigenvalue weighted by molar-refractivity contribution is 14.0. The van der Waals surface area contributed by atoms with E-state index >= 15 is 0 Å². The molecule has 6 nitrogen and oxygen atoms in total. The molecule has 2 aromatic carbocycles. The van der Waals surface area contributed by atoms with Crippen LogP contribution in [0, 0.1) is 0 Å². The number of halogens is 2. The maximum Gasteiger partial charge on any atom is 0.242 e. The van der Waals surface area contributed by atoms with Crippen LogP contribution in [0.4, 0.5) is 0 Å². The average molecular weight is 537 g/mol. The predicted octanol–water partition coefficient (Wildman–Crippen LogP) is 3.12. The molecule has 0 aliphatic heterocycles. The van der Waals surface area contributed by atoms with Gasteiger partial charge in [0.1, 0.15) is 0 Å². The summed E-state index contributed by atoms with van der Waals surface area (Å²) < 4.78 is 25.4. The molecular formula is C19H26ClIN4O2S. The Balaban J connectivity index is 0.00000392. The van der Waals surface area contributed by atoms with E-state index in [9.17, 15) is 8.42 Å². The Kier molecular flexibility index (Phi) is 10.2. The lowest BCUT2D eigenvalue weighted by Gasteiger charge is -2.13. The minimum atomic E-state index is -3.40. The highest BCUT2D eigenvalue weighted by Crippen LogP contribution is 2.14. The first-order valence-corrected chi connectivity index (χ1v) is 10.3. The number of benzene rings is 2. The van der Waals surface area contributed by atoms with Crippen molar-refractivity contribution in [2.75, 3.05) is 27.7 Å². The van der Waals surface area contributed by atoms with E-state index in [1.807, 2.05) is 24.3 Å². The molecule has 0 fully saturated rings. The number of rotatable bonds is 7. The van der Waals surface area contributed by atoms with Crippen LogP contribution in [-0.4, -0.2) is 46.4 Å². The molecule has 0 radical (unpaired) electrons. The van der Waals surface area contributed by atoms with Gasteiger partial charge in [0.2, 0.25) is 10.0 Å². The van der Waals surface area contributed by atoms with Gasteiger partial charge in [-0.25, -0.2) is 12.7 Å². The summed E-state index contributed by atoms with van der Waals surface area (Å²) in [5.74, 6) is 0.689. The molecular weight excluding hydrogens is 511 g/mol. The molecule has 2 N–H and O–H groups in total. The molecule has 0 aliphatic carbocycles. The molecule has 0 saturated heterocycles. The van der Waals surface area contributed by atoms with Crippen molar-refractivity contribution >= 4 is 51.6 Å². The molecule has 0 heterocycles. The second-order valence-corrected chi connectivity index (χ2v) is 8.75. The molecule has 2 aromatic rings. The van der Waals surface area contributed by atoms with Gasteiger partial charge in [-0.05, 0) is 41.8 Å². The Labute approximate surface area is 189 Å². The first-order chi connectivity index (χ1) is 12.8. The molecule has 0 saturated carbocycles. The largest absolute Gasteiger partial charge is 0.356 e. The van der Waals surface area contributed by atoms with Crippen LogP contribution < -0.4 is 10.6 Å². The number of aliphatic imine (C=N–C) groups is 1. The third-order valence-electron chi connectivity index (χ3n) is 4.00. The van der Waals surface area contributed by atoms with E-state index in [1.54, 1.807) is 31.3 Å². The summed E-state index contributed by atoms with van der Waals surface area (Å²) in [6, 6.07) is 14.6. The van der Waals surface area contributed by atoms with Crippen LogP contribution in [0.25, 0.3) is 0 Å². The average Bonchev–Trinajstić information content (AvgIpc) is 2.66. The van der Waals surface area contributed by atoms with Crippen molar-refractivity contribution in [2.24, 2.45) is 4.99 Å². The number of sulfonamides is 1. The lowest BCUT2D eigenvalue weighted by molar-refractivity contribution is 0.520. The molecule has 28 heavy (non-hydrogen) atoms. The summed E-state index contributed by atoms with van der Waals surface area (Å²) in [5.41, 5.74) is 2.16. The van der Waals surface area contributed by atoms with E-state index in [4.69, 9.17) is 11.6 Å². The molecule has 0 unspecified atom stereocenters. The van der Waals surface area contributed by atoms with Gasteiger partial charge in [-0.3, -0.25) is 4.99 Å². The molecule has 0 aromatic heterocycles. The number of nitrogens with one attached hydrogen (secondary N) is 2. The van der Waals surface area contributed by atoms with Crippen molar-refractivity contribution in [3.63, 3.8) is 0 Å². The monoisotopic (exact) mass is 536 g/mol. The molecule has 154 valence electrons. The zero-order valence-electron chi connectivity index (χ0n) is 16.1. The minimum Gasteiger partial charge on any atom is -0.356 e. The van der Waals surface area contributed by atoms with Gasteiger partial charge >= 0.3 is 0 Å². The summed E-state index contributed by atoms with van der Waals surface area (Å²) in [6.07, 6.45) is 0.856. The molecule has 0 aliphatic rings. The van der Waals surface area contributed by atoms with Gasteiger partial charge in [0.25, 0.3) is 0 Å². The normalized spacial score (nSPS) is 11.8. The molecule has 9 heteroatoms. The van der Waals surface area contributed by atoms with E-state index in [-0.39, 0.29) is 28.9 Å². The molecule has 0 amide bonds. The fourth-order valence-electron chi connectivity index (χ4n) is 2.37. The van der Waals surface area contributed by atoms with Crippen molar-refractivity contribution in [1.29, 1.82) is 0 Å². The fraction of sp³-hybridized carbons (Fsp3) is 0.316. The Morgan fingerprint density at radius 2 is 1.57 bits per heavy atom. The molecule has 0 spiro atoms. The van der Waals surface area contributed by atoms with E-state index in [0.717, 1.165) is 23.6 Å². The van der Waals surface area contributed by atoms with Gasteiger partial charge < -0.3 is 10.6 Å². The van der Waals surface area contributed by atoms with E-state index < -0.39 is 10.0 Å². The standard InChI is InChI=1S/C19H25ClN4O2S.HI/c1-21-19(22-13-12-15-4-8-17(20)9-5-15)23-14-16-6-10-18(11-7-16)27(25,26)24(2)3;/h4-11H,12-14H2,1-3H3,(H2,21,22,23);1H. The Morgan fingerprint density at radius 1 is 1.00 bits per heavy atom. The summed E-state index contributed by atoms with van der Waals surface area (Å²) >= 11 is 5.89. The summed E-state index contributed by atoms with van der Waals surface area (Å²) in [4.78, 5) is 4.48. The van der Waals surface area contributed by atoms with Crippen molar-refractivity contribution in [1.82, 2.24) is 14.9 Å². The van der Waals surface area contributed by atoms with Gasteiger partial charge in [0, 0.05) is 39.3 Å². The van der Waals surface area contributed by atoms with E-state index in [2.05, 4.69) is 15.6 Å². The van der Waals surface area contributed by atoms with Gasteiger partial charge in [0.15, 0.2) is 5.96 Å². The van der Waals surface area contributed by atoms with E-state index in [1.165, 1.54) is 24.0 Å². The van der Waals surface area contributed by atoms with Crippen LogP contribution >= 0.6 is 35.6 Å². The van der Waals surface area contributed by atoms with Gasteiger partial charge in [-0.2, -0.15) is 0 Å². The summed E-state index contributed by atoms with van der Waals surface area (Å²) in [6.45, 7) is 1.28. The number of guanidine groups is 1. The molecule has 0 bridgehead atoms. The first-order valence-electron chi connectivity index (χ1n) is 8.53. The fourth-order valence-corrected chi connectivity index (χ4v) is 3.40. The number of hydrogen-bond acceptors (Lipinski definition) is 3. The second kappa shape index (κ2) is 11.6. The summed E-state index contributed by atoms with van der Waals surface area (Å²) in [7, 11) is 1.35. The molecule has 0 atom stereocenters. The summed E-state index contributed by atoms with van der Waals surface area (Å²) in [5, 5.41) is 7.21. The third kappa shape index (κ3) is 7.23. The van der Waals surface area contributed by atoms with Crippen molar-refractivity contribution in [3.05, 3.63) is 64.7 Å². The third-order valence-corrected chi connectivity index (χ3v) is 6.09. The SMILES string of the molecule is CN=C(NCCc1ccc(Cl)cc1)NCc1ccc(S(=O)(=O)N(C)C)cc1.I. The smallest absolute Gasteiger partial charge is 0.242 e. The van der Waals surface area contributed by atoms with Gasteiger partial charge in [-0.15, -0.1) is 24.0 Å². The Bertz CT molecular complexity index is 870. The highest BCUT2D eigenvalue weighted by Gasteiger charge is 2.16. The van der Waals surface area contributed by atoms with Crippen LogP contribution in [0.3, 0.4) is 0 Å². The second-order valence-electron chi connectivity index (χ2n) is 6.16. The highest BCUT2D eigenvalue weighted by atomic mass is 127. The van der Waals surface area contributed by atoms with Gasteiger partial charge in [-0.1, -0.05) is 35.9 Å². The zero-order chi connectivity index (χ0) is 19.9. The number of hydrogen-bond donors (Lipinski definition) is 2. The van der Waals surface area contributed by atoms with E-state index in [0.29, 0.717) is 12.5 Å². The van der Waals surface area contributed by atoms with Crippen molar-refractivity contribution < 1.29 is 8.42 Å². The van der Waals surface area contributed by atoms with Crippen molar-refractivity contribution in [2.45, 2.75) is 17.9 Å². The quantitative estimate of drug-likeness (QED) is 0.324. The van der Waals surface area contributed by atoms with Crippen LogP contribution in [0.2, 0.25) is 5.02 Å². The lowest BCUT2D eigenvalue weighted by Crippen LogP contribution is -2.37. The minimum absolute atomic E-state index is 0. The zero-order valence-corrected chi connectivity index (χ0v) is 20.0. The maximum absolute atomic E-state index is 12.1. The van der Waals surface area contributed by atoms with Crippen LogP contribution in [0.5, 0.6) is 0 Å². The number of nitrogens with zero attached hydrogens (tertiary/aromatic N) is 2. The van der Waals surface area contributed by atoms with Crippen LogP contribution in [0.15, 0.2) is 58.4 Å². The molecule has 2 rings (SSSR count). The predicted molar refractivity (Wildman–Crippen MR) is 126 cm³/mol. The van der Waals surface area contributed by atoms with Gasteiger partial charge in [0.05, 0.1) is 4.90 Å². The first kappa shape index (κ1) is 24.7. The Hall–Kier alpha value is -1.36. The van der Waals surface area contributed by atoms with Crippen molar-refractivity contribution in [3.8, 4) is 0 Å². The van der Waals surface area contributed by atoms with Crippen LogP contribution in [-0.2, 0) is 23.0 Å². The lowest BCUT2D eigenvalue weighted by atomic mass is 10.1. The Morgan fingerprint density at radius 3 is 2.11 bits per heavy atom. The maximum atomic E-state index is 12.1. The topological polar surface area (TPSA) is 73.8 Å².